The van der Waals surface area contributed by atoms with Crippen molar-refractivity contribution >= 4 is 11.9 Å². The highest BCUT2D eigenvalue weighted by atomic mass is 16.7. The summed E-state index contributed by atoms with van der Waals surface area (Å²) in [5.74, 6) is 1.63. The number of hydrogen-bond acceptors (Lipinski definition) is 5. The first-order valence-corrected chi connectivity index (χ1v) is 6.10. The van der Waals surface area contributed by atoms with Gasteiger partial charge in [0.2, 0.25) is 6.79 Å². The lowest BCUT2D eigenvalue weighted by molar-refractivity contribution is -0.121. The summed E-state index contributed by atoms with van der Waals surface area (Å²) in [6, 6.07) is 4.93. The largest absolute Gasteiger partial charge is 0.454 e. The summed E-state index contributed by atoms with van der Waals surface area (Å²) in [4.78, 5) is 24.6. The number of ketones is 1. The Morgan fingerprint density at radius 3 is 2.95 bits per heavy atom. The summed E-state index contributed by atoms with van der Waals surface area (Å²) in [5.41, 5.74) is 0. The van der Waals surface area contributed by atoms with Crippen LogP contribution in [-0.2, 0) is 4.79 Å². The molecule has 2 aliphatic heterocycles. The number of Topliss-reactive ketones (excluding diaryl/α,β-unsaturated/α-hetero) is 1. The molecule has 0 unspecified atom stereocenters. The second-order valence-corrected chi connectivity index (χ2v) is 4.45. The van der Waals surface area contributed by atoms with Crippen LogP contribution < -0.4 is 14.2 Å². The summed E-state index contributed by atoms with van der Waals surface area (Å²) >= 11 is 0. The van der Waals surface area contributed by atoms with Crippen molar-refractivity contribution in [1.82, 2.24) is 4.90 Å². The van der Waals surface area contributed by atoms with Gasteiger partial charge in [0.15, 0.2) is 17.3 Å². The second kappa shape index (κ2) is 4.79. The molecule has 1 fully saturated rings. The predicted molar refractivity (Wildman–Crippen MR) is 64.4 cm³/mol. The molecule has 6 nitrogen and oxygen atoms in total. The zero-order valence-electron chi connectivity index (χ0n) is 10.3. The molecule has 0 aliphatic carbocycles. The Kier molecular flexibility index (Phi) is 2.98. The molecule has 19 heavy (non-hydrogen) atoms. The molecule has 0 aromatic heterocycles. The average Bonchev–Trinajstić information content (AvgIpc) is 2.86. The third-order valence-electron chi connectivity index (χ3n) is 3.06. The molecule has 0 atom stereocenters. The topological polar surface area (TPSA) is 65.1 Å². The minimum absolute atomic E-state index is 0.0638. The van der Waals surface area contributed by atoms with Gasteiger partial charge in [-0.1, -0.05) is 0 Å². The molecule has 100 valence electrons. The Labute approximate surface area is 109 Å². The van der Waals surface area contributed by atoms with Crippen LogP contribution in [0.5, 0.6) is 17.2 Å². The molecule has 6 heteroatoms. The number of benzene rings is 1. The van der Waals surface area contributed by atoms with Crippen LogP contribution in [0.25, 0.3) is 0 Å². The van der Waals surface area contributed by atoms with Gasteiger partial charge < -0.3 is 19.1 Å². The van der Waals surface area contributed by atoms with Crippen molar-refractivity contribution in [3.05, 3.63) is 18.2 Å². The SMILES string of the molecule is O=C1CCCN(C(=O)Oc2ccc3c(c2)OCO3)C1. The number of carbonyl (C=O) groups is 2. The Morgan fingerprint density at radius 1 is 1.26 bits per heavy atom. The van der Waals surface area contributed by atoms with E-state index in [4.69, 9.17) is 14.2 Å². The van der Waals surface area contributed by atoms with Crippen molar-refractivity contribution in [3.63, 3.8) is 0 Å². The summed E-state index contributed by atoms with van der Waals surface area (Å²) in [6.07, 6.45) is 0.718. The summed E-state index contributed by atoms with van der Waals surface area (Å²) in [5, 5.41) is 0. The fourth-order valence-corrected chi connectivity index (χ4v) is 2.10. The lowest BCUT2D eigenvalue weighted by Gasteiger charge is -2.24. The van der Waals surface area contributed by atoms with Crippen LogP contribution >= 0.6 is 0 Å². The molecule has 2 aliphatic rings. The van der Waals surface area contributed by atoms with Crippen molar-refractivity contribution in [1.29, 1.82) is 0 Å². The molecular weight excluding hydrogens is 250 g/mol. The van der Waals surface area contributed by atoms with Crippen LogP contribution in [0.4, 0.5) is 4.79 Å². The Bertz CT molecular complexity index is 528. The molecule has 3 rings (SSSR count). The Hall–Kier alpha value is -2.24. The average molecular weight is 263 g/mol. The van der Waals surface area contributed by atoms with E-state index in [2.05, 4.69) is 0 Å². The summed E-state index contributed by atoms with van der Waals surface area (Å²) in [7, 11) is 0. The van der Waals surface area contributed by atoms with Crippen molar-refractivity contribution in [2.45, 2.75) is 12.8 Å². The summed E-state index contributed by atoms with van der Waals surface area (Å²) in [6.45, 7) is 0.853. The van der Waals surface area contributed by atoms with Gasteiger partial charge in [-0.3, -0.25) is 4.79 Å². The van der Waals surface area contributed by atoms with Crippen LogP contribution in [0, 0.1) is 0 Å². The Morgan fingerprint density at radius 2 is 2.11 bits per heavy atom. The highest BCUT2D eigenvalue weighted by Gasteiger charge is 2.23. The molecule has 1 saturated heterocycles. The molecule has 0 radical (unpaired) electrons. The van der Waals surface area contributed by atoms with Crippen LogP contribution in [0.15, 0.2) is 18.2 Å². The van der Waals surface area contributed by atoms with Crippen molar-refractivity contribution in [3.8, 4) is 17.2 Å². The van der Waals surface area contributed by atoms with Crippen molar-refractivity contribution in [2.75, 3.05) is 19.9 Å². The molecular formula is C13H13NO5. The van der Waals surface area contributed by atoms with E-state index in [-0.39, 0.29) is 19.1 Å². The van der Waals surface area contributed by atoms with E-state index in [1.165, 1.54) is 4.90 Å². The number of fused-ring (bicyclic) bond motifs is 1. The minimum atomic E-state index is -0.507. The van der Waals surface area contributed by atoms with E-state index in [1.54, 1.807) is 18.2 Å². The number of likely N-dealkylation sites (tertiary alicyclic amines) is 1. The first kappa shape index (κ1) is 11.8. The fourth-order valence-electron chi connectivity index (χ4n) is 2.10. The first-order valence-electron chi connectivity index (χ1n) is 6.10. The maximum Gasteiger partial charge on any atom is 0.415 e. The minimum Gasteiger partial charge on any atom is -0.454 e. The molecule has 2 heterocycles. The van der Waals surface area contributed by atoms with E-state index in [9.17, 15) is 9.59 Å². The molecule has 1 aromatic carbocycles. The number of piperidine rings is 1. The number of amides is 1. The van der Waals surface area contributed by atoms with E-state index in [1.807, 2.05) is 0 Å². The number of carbonyl (C=O) groups excluding carboxylic acids is 2. The highest BCUT2D eigenvalue weighted by molar-refractivity contribution is 5.85. The maximum absolute atomic E-state index is 11.9. The van der Waals surface area contributed by atoms with Gasteiger partial charge in [0.05, 0.1) is 6.54 Å². The van der Waals surface area contributed by atoms with Gasteiger partial charge in [-0.2, -0.15) is 0 Å². The third kappa shape index (κ3) is 2.47. The van der Waals surface area contributed by atoms with E-state index in [0.717, 1.165) is 0 Å². The summed E-state index contributed by atoms with van der Waals surface area (Å²) < 4.78 is 15.6. The number of nitrogens with zero attached hydrogens (tertiary/aromatic N) is 1. The van der Waals surface area contributed by atoms with Crippen LogP contribution in [0.3, 0.4) is 0 Å². The third-order valence-corrected chi connectivity index (χ3v) is 3.06. The van der Waals surface area contributed by atoms with Gasteiger partial charge in [0.25, 0.3) is 0 Å². The molecule has 0 saturated carbocycles. The van der Waals surface area contributed by atoms with Crippen molar-refractivity contribution < 1.29 is 23.8 Å². The normalized spacial score (nSPS) is 17.5. The lowest BCUT2D eigenvalue weighted by Crippen LogP contribution is -2.41. The quantitative estimate of drug-likeness (QED) is 0.769. The van der Waals surface area contributed by atoms with Gasteiger partial charge in [-0.25, -0.2) is 4.79 Å². The van der Waals surface area contributed by atoms with Crippen LogP contribution in [0.2, 0.25) is 0 Å². The van der Waals surface area contributed by atoms with Crippen LogP contribution in [-0.4, -0.2) is 36.7 Å². The predicted octanol–water partition coefficient (Wildman–Crippen LogP) is 1.58. The van der Waals surface area contributed by atoms with Gasteiger partial charge in [-0.15, -0.1) is 0 Å². The zero-order chi connectivity index (χ0) is 13.2. The number of hydrogen-bond donors (Lipinski definition) is 0. The molecule has 0 N–H and O–H groups in total. The van der Waals surface area contributed by atoms with Crippen molar-refractivity contribution in [2.24, 2.45) is 0 Å². The molecule has 1 amide bonds. The van der Waals surface area contributed by atoms with E-state index >= 15 is 0 Å². The van der Waals surface area contributed by atoms with Crippen LogP contribution in [0.1, 0.15) is 12.8 Å². The molecule has 0 bridgehead atoms. The van der Waals surface area contributed by atoms with Gasteiger partial charge in [0.1, 0.15) is 5.75 Å². The van der Waals surface area contributed by atoms with E-state index < -0.39 is 6.09 Å². The molecule has 0 spiro atoms. The van der Waals surface area contributed by atoms with E-state index in [0.29, 0.717) is 36.6 Å². The Balaban J connectivity index is 1.67. The number of rotatable bonds is 1. The fraction of sp³-hybridized carbons (Fsp3) is 0.385. The first-order chi connectivity index (χ1) is 9.22. The smallest absolute Gasteiger partial charge is 0.415 e. The number of ether oxygens (including phenoxy) is 3. The van der Waals surface area contributed by atoms with Gasteiger partial charge in [0, 0.05) is 19.0 Å². The molecule has 1 aromatic rings. The maximum atomic E-state index is 11.9. The monoisotopic (exact) mass is 263 g/mol. The zero-order valence-corrected chi connectivity index (χ0v) is 10.3. The van der Waals surface area contributed by atoms with Gasteiger partial charge in [-0.05, 0) is 18.6 Å². The highest BCUT2D eigenvalue weighted by Crippen LogP contribution is 2.35. The van der Waals surface area contributed by atoms with Gasteiger partial charge >= 0.3 is 6.09 Å². The standard InChI is InChI=1S/C13H13NO5/c15-9-2-1-5-14(7-9)13(16)19-10-3-4-11-12(6-10)18-8-17-11/h3-4,6H,1-2,5,7-8H2. The second-order valence-electron chi connectivity index (χ2n) is 4.45. The lowest BCUT2D eigenvalue weighted by atomic mass is 10.1.